The molecule has 10 heteroatoms. The molecular formula is C27H32N4O5S. The molecule has 1 aliphatic heterocycles. The fourth-order valence-corrected chi connectivity index (χ4v) is 5.12. The topological polar surface area (TPSA) is 107 Å². The van der Waals surface area contributed by atoms with E-state index >= 15 is 0 Å². The smallest absolute Gasteiger partial charge is 0.259 e. The number of hydrogen-bond donors (Lipinski definition) is 1. The lowest BCUT2D eigenvalue weighted by molar-refractivity contribution is 0.0706. The van der Waals surface area contributed by atoms with Crippen molar-refractivity contribution in [1.29, 1.82) is 0 Å². The fraction of sp³-hybridized carbons (Fsp3) is 0.407. The minimum atomic E-state index is -0.132. The first-order chi connectivity index (χ1) is 18.0. The van der Waals surface area contributed by atoms with Crippen LogP contribution >= 0.6 is 11.8 Å². The van der Waals surface area contributed by atoms with Crippen molar-refractivity contribution >= 4 is 23.6 Å². The first-order valence-electron chi connectivity index (χ1n) is 12.2. The van der Waals surface area contributed by atoms with Crippen LogP contribution in [-0.2, 0) is 5.75 Å². The van der Waals surface area contributed by atoms with E-state index in [2.05, 4.69) is 10.3 Å². The molecule has 0 aromatic carbocycles. The highest BCUT2D eigenvalue weighted by molar-refractivity contribution is 7.98. The zero-order valence-corrected chi connectivity index (χ0v) is 22.2. The van der Waals surface area contributed by atoms with Crippen LogP contribution in [0, 0.1) is 6.92 Å². The number of piperidine rings is 1. The number of likely N-dealkylation sites (tertiary alicyclic amines) is 1. The SMILES string of the molecule is COc1ccc(C(=O)N2CCC(c3nc(C)ccc3C(=O)NCCSCc3ccco3)CC2)c(OC)n1. The maximum absolute atomic E-state index is 13.2. The maximum Gasteiger partial charge on any atom is 0.259 e. The predicted octanol–water partition coefficient (Wildman–Crippen LogP) is 4.08. The van der Waals surface area contributed by atoms with E-state index in [1.165, 1.54) is 14.2 Å². The molecule has 0 spiro atoms. The average Bonchev–Trinajstić information content (AvgIpc) is 3.45. The summed E-state index contributed by atoms with van der Waals surface area (Å²) in [6.07, 6.45) is 3.10. The van der Waals surface area contributed by atoms with E-state index in [9.17, 15) is 9.59 Å². The number of carbonyl (C=O) groups is 2. The van der Waals surface area contributed by atoms with Crippen LogP contribution < -0.4 is 14.8 Å². The Morgan fingerprint density at radius 2 is 1.86 bits per heavy atom. The van der Waals surface area contributed by atoms with Crippen molar-refractivity contribution in [2.24, 2.45) is 0 Å². The van der Waals surface area contributed by atoms with Gasteiger partial charge in [0, 0.05) is 43.1 Å². The summed E-state index contributed by atoms with van der Waals surface area (Å²) in [5.74, 6) is 2.96. The Morgan fingerprint density at radius 3 is 2.57 bits per heavy atom. The van der Waals surface area contributed by atoms with Crippen LogP contribution in [0.4, 0.5) is 0 Å². The van der Waals surface area contributed by atoms with Crippen molar-refractivity contribution < 1.29 is 23.5 Å². The van der Waals surface area contributed by atoms with Crippen LogP contribution in [0.2, 0.25) is 0 Å². The van der Waals surface area contributed by atoms with Gasteiger partial charge in [-0.25, -0.2) is 0 Å². The van der Waals surface area contributed by atoms with Gasteiger partial charge in [0.2, 0.25) is 11.8 Å². The maximum atomic E-state index is 13.2. The molecular weight excluding hydrogens is 492 g/mol. The highest BCUT2D eigenvalue weighted by atomic mass is 32.2. The molecule has 3 aromatic rings. The van der Waals surface area contributed by atoms with Crippen LogP contribution in [-0.4, -0.2) is 66.3 Å². The predicted molar refractivity (Wildman–Crippen MR) is 141 cm³/mol. The summed E-state index contributed by atoms with van der Waals surface area (Å²) in [5, 5.41) is 3.02. The second-order valence-corrected chi connectivity index (χ2v) is 9.86. The van der Waals surface area contributed by atoms with Crippen molar-refractivity contribution in [3.05, 3.63) is 70.9 Å². The zero-order valence-electron chi connectivity index (χ0n) is 21.4. The van der Waals surface area contributed by atoms with Gasteiger partial charge in [0.15, 0.2) is 0 Å². The number of ether oxygens (including phenoxy) is 2. The van der Waals surface area contributed by atoms with Crippen LogP contribution in [0.25, 0.3) is 0 Å². The van der Waals surface area contributed by atoms with Crippen LogP contribution in [0.1, 0.15) is 56.6 Å². The van der Waals surface area contributed by atoms with Crippen LogP contribution in [0.5, 0.6) is 11.8 Å². The van der Waals surface area contributed by atoms with E-state index in [0.717, 1.165) is 28.7 Å². The number of rotatable bonds is 10. The molecule has 0 unspecified atom stereocenters. The number of nitrogens with one attached hydrogen (secondary N) is 1. The van der Waals surface area contributed by atoms with E-state index in [4.69, 9.17) is 18.9 Å². The Bertz CT molecular complexity index is 1210. The standard InChI is InChI=1S/C27H32N4O5S/c1-18-6-7-21(25(32)28-12-16-37-17-20-5-4-15-36-20)24(29-18)19-10-13-31(14-11-19)27(33)22-8-9-23(34-2)30-26(22)35-3/h4-9,15,19H,10-14,16-17H2,1-3H3,(H,28,32). The second-order valence-electron chi connectivity index (χ2n) is 8.75. The van der Waals surface area contributed by atoms with Gasteiger partial charge < -0.3 is 24.1 Å². The number of thioether (sulfide) groups is 1. The molecule has 1 N–H and O–H groups in total. The van der Waals surface area contributed by atoms with Gasteiger partial charge in [0.05, 0.1) is 37.5 Å². The summed E-state index contributed by atoms with van der Waals surface area (Å²) in [4.78, 5) is 37.0. The molecule has 0 radical (unpaired) electrons. The summed E-state index contributed by atoms with van der Waals surface area (Å²) in [7, 11) is 3.00. The molecule has 2 amide bonds. The number of carbonyl (C=O) groups excluding carboxylic acids is 2. The van der Waals surface area contributed by atoms with Gasteiger partial charge in [-0.15, -0.1) is 0 Å². The number of hydrogen-bond acceptors (Lipinski definition) is 8. The Hall–Kier alpha value is -3.53. The van der Waals surface area contributed by atoms with Gasteiger partial charge in [-0.05, 0) is 50.1 Å². The molecule has 0 bridgehead atoms. The molecule has 9 nitrogen and oxygen atoms in total. The van der Waals surface area contributed by atoms with E-state index in [-0.39, 0.29) is 23.6 Å². The van der Waals surface area contributed by atoms with Gasteiger partial charge in [-0.2, -0.15) is 16.7 Å². The number of nitrogens with zero attached hydrogens (tertiary/aromatic N) is 3. The molecule has 3 aromatic heterocycles. The summed E-state index contributed by atoms with van der Waals surface area (Å²) in [6.45, 7) is 3.60. The fourth-order valence-electron chi connectivity index (χ4n) is 4.36. The van der Waals surface area contributed by atoms with Gasteiger partial charge in [-0.1, -0.05) is 0 Å². The van der Waals surface area contributed by atoms with Gasteiger partial charge >= 0.3 is 0 Å². The molecule has 196 valence electrons. The molecule has 4 heterocycles. The van der Waals surface area contributed by atoms with Crippen molar-refractivity contribution in [1.82, 2.24) is 20.2 Å². The number of aryl methyl sites for hydroxylation is 1. The van der Waals surface area contributed by atoms with Crippen molar-refractivity contribution in [2.75, 3.05) is 39.6 Å². The lowest BCUT2D eigenvalue weighted by Gasteiger charge is -2.32. The third-order valence-electron chi connectivity index (χ3n) is 6.30. The zero-order chi connectivity index (χ0) is 26.2. The van der Waals surface area contributed by atoms with E-state index < -0.39 is 0 Å². The van der Waals surface area contributed by atoms with E-state index in [0.29, 0.717) is 49.5 Å². The Morgan fingerprint density at radius 1 is 1.08 bits per heavy atom. The number of furan rings is 1. The minimum Gasteiger partial charge on any atom is -0.481 e. The third kappa shape index (κ3) is 6.62. The Labute approximate surface area is 221 Å². The van der Waals surface area contributed by atoms with E-state index in [1.54, 1.807) is 35.1 Å². The van der Waals surface area contributed by atoms with Gasteiger partial charge in [-0.3, -0.25) is 14.6 Å². The Kier molecular flexibility index (Phi) is 9.05. The number of aromatic nitrogens is 2. The number of methoxy groups -OCH3 is 2. The minimum absolute atomic E-state index is 0.0916. The monoisotopic (exact) mass is 524 g/mol. The molecule has 0 saturated carbocycles. The third-order valence-corrected chi connectivity index (χ3v) is 7.28. The van der Waals surface area contributed by atoms with Gasteiger partial charge in [0.25, 0.3) is 11.8 Å². The van der Waals surface area contributed by atoms with Crippen LogP contribution in [0.3, 0.4) is 0 Å². The lowest BCUT2D eigenvalue weighted by Crippen LogP contribution is -2.39. The number of pyridine rings is 2. The average molecular weight is 525 g/mol. The van der Waals surface area contributed by atoms with Crippen molar-refractivity contribution in [3.63, 3.8) is 0 Å². The molecule has 37 heavy (non-hydrogen) atoms. The lowest BCUT2D eigenvalue weighted by atomic mass is 9.89. The highest BCUT2D eigenvalue weighted by Crippen LogP contribution is 2.31. The summed E-state index contributed by atoms with van der Waals surface area (Å²) in [5.41, 5.74) is 2.68. The second kappa shape index (κ2) is 12.6. The largest absolute Gasteiger partial charge is 0.481 e. The highest BCUT2D eigenvalue weighted by Gasteiger charge is 2.29. The quantitative estimate of drug-likeness (QED) is 0.396. The van der Waals surface area contributed by atoms with Gasteiger partial charge in [0.1, 0.15) is 11.3 Å². The molecule has 1 aliphatic rings. The molecule has 1 saturated heterocycles. The molecule has 0 atom stereocenters. The van der Waals surface area contributed by atoms with Crippen molar-refractivity contribution in [2.45, 2.75) is 31.4 Å². The summed E-state index contributed by atoms with van der Waals surface area (Å²) >= 11 is 1.71. The normalized spacial score (nSPS) is 13.9. The molecule has 4 rings (SSSR count). The first kappa shape index (κ1) is 26.5. The first-order valence-corrected chi connectivity index (χ1v) is 13.4. The molecule has 1 fully saturated rings. The van der Waals surface area contributed by atoms with Crippen LogP contribution in [0.15, 0.2) is 47.1 Å². The summed E-state index contributed by atoms with van der Waals surface area (Å²) < 4.78 is 15.8. The summed E-state index contributed by atoms with van der Waals surface area (Å²) in [6, 6.07) is 10.9. The molecule has 0 aliphatic carbocycles. The Balaban J connectivity index is 1.35. The van der Waals surface area contributed by atoms with E-state index in [1.807, 2.05) is 31.2 Å². The number of amides is 2. The van der Waals surface area contributed by atoms with Crippen molar-refractivity contribution in [3.8, 4) is 11.8 Å².